The highest BCUT2D eigenvalue weighted by Crippen LogP contribution is 2.51. The van der Waals surface area contributed by atoms with Crippen molar-refractivity contribution in [1.29, 1.82) is 0 Å². The summed E-state index contributed by atoms with van der Waals surface area (Å²) in [5.74, 6) is -2.16. The molecule has 0 spiro atoms. The number of hydrogen-bond donors (Lipinski definition) is 2. The molecular formula is C18H21F3N4O4. The largest absolute Gasteiger partial charge is 0.444 e. The van der Waals surface area contributed by atoms with E-state index in [9.17, 15) is 27.6 Å². The number of piperidine rings is 1. The van der Waals surface area contributed by atoms with Gasteiger partial charge < -0.3 is 9.64 Å². The van der Waals surface area contributed by atoms with Gasteiger partial charge in [-0.15, -0.1) is 0 Å². The summed E-state index contributed by atoms with van der Waals surface area (Å²) in [7, 11) is 0. The lowest BCUT2D eigenvalue weighted by atomic mass is 10.2. The third-order valence-corrected chi connectivity index (χ3v) is 4.77. The number of pyridine rings is 1. The molecule has 2 heterocycles. The van der Waals surface area contributed by atoms with Gasteiger partial charge in [-0.25, -0.2) is 4.79 Å². The van der Waals surface area contributed by atoms with Crippen LogP contribution >= 0.6 is 0 Å². The molecule has 11 heteroatoms. The molecule has 3 amide bonds. The van der Waals surface area contributed by atoms with E-state index in [1.165, 1.54) is 11.0 Å². The van der Waals surface area contributed by atoms with Gasteiger partial charge in [-0.05, 0) is 44.7 Å². The van der Waals surface area contributed by atoms with Crippen molar-refractivity contribution in [3.63, 3.8) is 0 Å². The number of aromatic nitrogens is 1. The lowest BCUT2D eigenvalue weighted by molar-refractivity contribution is -0.141. The Morgan fingerprint density at radius 1 is 1.14 bits per heavy atom. The Hall–Kier alpha value is -2.85. The topological polar surface area (TPSA) is 101 Å². The SMILES string of the molecule is CC(C)(C)OC(=O)N1C[C@@H]2C(C(=O)NNC(=O)c3cccnc3C(F)(F)F)[C@@H]2C1. The molecule has 0 aromatic carbocycles. The van der Waals surface area contributed by atoms with Crippen molar-refractivity contribution in [3.8, 4) is 0 Å². The molecule has 2 fully saturated rings. The summed E-state index contributed by atoms with van der Waals surface area (Å²) in [5.41, 5.74) is 1.53. The van der Waals surface area contributed by atoms with E-state index < -0.39 is 46.9 Å². The maximum atomic E-state index is 12.9. The van der Waals surface area contributed by atoms with Crippen LogP contribution in [0.5, 0.6) is 0 Å². The molecule has 1 aliphatic heterocycles. The predicted octanol–water partition coefficient (Wildman–Crippen LogP) is 1.97. The number of likely N-dealkylation sites (tertiary alicyclic amines) is 1. The van der Waals surface area contributed by atoms with Crippen molar-refractivity contribution in [3.05, 3.63) is 29.6 Å². The summed E-state index contributed by atoms with van der Waals surface area (Å²) in [5, 5.41) is 0. The zero-order valence-electron chi connectivity index (χ0n) is 16.0. The highest BCUT2D eigenvalue weighted by atomic mass is 19.4. The van der Waals surface area contributed by atoms with Crippen LogP contribution < -0.4 is 10.9 Å². The standard InChI is InChI=1S/C18H21F3N4O4/c1-17(2,3)29-16(28)25-7-10-11(8-25)12(10)15(27)24-23-14(26)9-5-4-6-22-13(9)18(19,20)21/h4-6,10-12H,7-8H2,1-3H3,(H,23,26)(H,24,27)/t10-,11+,12?. The average molecular weight is 414 g/mol. The molecule has 158 valence electrons. The van der Waals surface area contributed by atoms with Gasteiger partial charge in [0.25, 0.3) is 5.91 Å². The van der Waals surface area contributed by atoms with Gasteiger partial charge in [0.15, 0.2) is 5.69 Å². The number of amides is 3. The summed E-state index contributed by atoms with van der Waals surface area (Å²) in [6, 6.07) is 2.17. The van der Waals surface area contributed by atoms with E-state index in [-0.39, 0.29) is 11.8 Å². The normalized spacial score (nSPS) is 23.2. The fourth-order valence-corrected chi connectivity index (χ4v) is 3.47. The molecule has 8 nitrogen and oxygen atoms in total. The number of fused-ring (bicyclic) bond motifs is 1. The number of hydrazine groups is 1. The molecule has 1 saturated heterocycles. The molecule has 0 bridgehead atoms. The Kier molecular flexibility index (Phi) is 5.18. The van der Waals surface area contributed by atoms with E-state index in [1.807, 2.05) is 5.43 Å². The number of ether oxygens (including phenoxy) is 1. The number of nitrogens with one attached hydrogen (secondary N) is 2. The maximum Gasteiger partial charge on any atom is 0.434 e. The summed E-state index contributed by atoms with van der Waals surface area (Å²) in [4.78, 5) is 41.0. The monoisotopic (exact) mass is 414 g/mol. The number of rotatable bonds is 2. The average Bonchev–Trinajstić information content (AvgIpc) is 3.10. The first-order valence-corrected chi connectivity index (χ1v) is 8.99. The van der Waals surface area contributed by atoms with E-state index in [1.54, 1.807) is 20.8 Å². The quantitative estimate of drug-likeness (QED) is 0.721. The minimum absolute atomic E-state index is 0.0662. The lowest BCUT2D eigenvalue weighted by Crippen LogP contribution is -2.45. The molecule has 0 radical (unpaired) electrons. The summed E-state index contributed by atoms with van der Waals surface area (Å²) in [6.07, 6.45) is -4.32. The van der Waals surface area contributed by atoms with Gasteiger partial charge in [0, 0.05) is 25.2 Å². The van der Waals surface area contributed by atoms with Crippen LogP contribution in [0, 0.1) is 17.8 Å². The molecule has 2 aliphatic rings. The van der Waals surface area contributed by atoms with Crippen molar-refractivity contribution in [2.75, 3.05) is 13.1 Å². The number of nitrogens with zero attached hydrogens (tertiary/aromatic N) is 2. The molecule has 29 heavy (non-hydrogen) atoms. The third-order valence-electron chi connectivity index (χ3n) is 4.77. The van der Waals surface area contributed by atoms with Gasteiger partial charge in [-0.2, -0.15) is 13.2 Å². The van der Waals surface area contributed by atoms with Gasteiger partial charge in [0.1, 0.15) is 5.60 Å². The van der Waals surface area contributed by atoms with E-state index in [4.69, 9.17) is 4.74 Å². The molecule has 1 aromatic rings. The molecule has 3 atom stereocenters. The van der Waals surface area contributed by atoms with Crippen molar-refractivity contribution in [2.24, 2.45) is 17.8 Å². The first-order valence-electron chi connectivity index (χ1n) is 8.99. The van der Waals surface area contributed by atoms with Gasteiger partial charge in [-0.1, -0.05) is 0 Å². The van der Waals surface area contributed by atoms with Crippen LogP contribution in [0.25, 0.3) is 0 Å². The maximum absolute atomic E-state index is 12.9. The number of carbonyl (C=O) groups is 3. The first-order chi connectivity index (χ1) is 13.4. The number of carbonyl (C=O) groups excluding carboxylic acids is 3. The Balaban J connectivity index is 1.51. The van der Waals surface area contributed by atoms with Crippen LogP contribution in [0.1, 0.15) is 36.8 Å². The van der Waals surface area contributed by atoms with Crippen LogP contribution in [0.3, 0.4) is 0 Å². The first kappa shape index (κ1) is 20.9. The van der Waals surface area contributed by atoms with E-state index in [0.29, 0.717) is 13.1 Å². The van der Waals surface area contributed by atoms with Gasteiger partial charge >= 0.3 is 12.3 Å². The molecule has 1 unspecified atom stereocenters. The summed E-state index contributed by atoms with van der Waals surface area (Å²) >= 11 is 0. The smallest absolute Gasteiger partial charge is 0.434 e. The zero-order valence-corrected chi connectivity index (χ0v) is 16.0. The van der Waals surface area contributed by atoms with Crippen molar-refractivity contribution >= 4 is 17.9 Å². The van der Waals surface area contributed by atoms with Crippen LogP contribution in [0.15, 0.2) is 18.3 Å². The van der Waals surface area contributed by atoms with Crippen molar-refractivity contribution in [1.82, 2.24) is 20.7 Å². The minimum Gasteiger partial charge on any atom is -0.444 e. The van der Waals surface area contributed by atoms with Crippen LogP contribution in [0.2, 0.25) is 0 Å². The molecule has 1 saturated carbocycles. The van der Waals surface area contributed by atoms with Gasteiger partial charge in [-0.3, -0.25) is 25.4 Å². The van der Waals surface area contributed by atoms with Gasteiger partial charge in [0.2, 0.25) is 5.91 Å². The molecule has 2 N–H and O–H groups in total. The Labute approximate surface area is 164 Å². The molecule has 1 aromatic heterocycles. The fourth-order valence-electron chi connectivity index (χ4n) is 3.47. The van der Waals surface area contributed by atoms with Crippen LogP contribution in [-0.4, -0.2) is 46.5 Å². The number of hydrogen-bond acceptors (Lipinski definition) is 5. The molecule has 3 rings (SSSR count). The summed E-state index contributed by atoms with van der Waals surface area (Å²) in [6.45, 7) is 5.98. The number of halogens is 3. The second-order valence-electron chi connectivity index (χ2n) is 8.08. The van der Waals surface area contributed by atoms with Crippen LogP contribution in [0.4, 0.5) is 18.0 Å². The highest BCUT2D eigenvalue weighted by Gasteiger charge is 2.60. The number of alkyl halides is 3. The van der Waals surface area contributed by atoms with Crippen LogP contribution in [-0.2, 0) is 15.7 Å². The molecule has 1 aliphatic carbocycles. The fraction of sp³-hybridized carbons (Fsp3) is 0.556. The van der Waals surface area contributed by atoms with Gasteiger partial charge in [0.05, 0.1) is 5.56 Å². The predicted molar refractivity (Wildman–Crippen MR) is 93.1 cm³/mol. The van der Waals surface area contributed by atoms with Crippen molar-refractivity contribution < 1.29 is 32.3 Å². The van der Waals surface area contributed by atoms with E-state index >= 15 is 0 Å². The van der Waals surface area contributed by atoms with Crippen molar-refractivity contribution in [2.45, 2.75) is 32.5 Å². The van der Waals surface area contributed by atoms with E-state index in [2.05, 4.69) is 10.4 Å². The second-order valence-corrected chi connectivity index (χ2v) is 8.08. The Bertz CT molecular complexity index is 825. The zero-order chi connectivity index (χ0) is 21.6. The Morgan fingerprint density at radius 3 is 2.31 bits per heavy atom. The summed E-state index contributed by atoms with van der Waals surface area (Å²) < 4.78 is 44.1. The Morgan fingerprint density at radius 2 is 1.76 bits per heavy atom. The lowest BCUT2D eigenvalue weighted by Gasteiger charge is -2.25. The second kappa shape index (κ2) is 7.20. The highest BCUT2D eigenvalue weighted by molar-refractivity contribution is 5.97. The minimum atomic E-state index is -4.80. The molecular weight excluding hydrogens is 393 g/mol. The van der Waals surface area contributed by atoms with E-state index in [0.717, 1.165) is 12.3 Å². The third kappa shape index (κ3) is 4.60.